The molecule has 2 rings (SSSR count). The number of nitrogens with one attached hydrogen (secondary N) is 1. The molecule has 1 atom stereocenters. The first-order valence-corrected chi connectivity index (χ1v) is 8.51. The van der Waals surface area contributed by atoms with Gasteiger partial charge < -0.3 is 10.1 Å². The Kier molecular flexibility index (Phi) is 4.62. The van der Waals surface area contributed by atoms with E-state index in [0.717, 1.165) is 16.9 Å². The minimum Gasteiger partial charge on any atom is -0.380 e. The predicted octanol–water partition coefficient (Wildman–Crippen LogP) is 1.19. The molecule has 108 valence electrons. The molecule has 2 heterocycles. The monoisotopic (exact) mass is 304 g/mol. The molecule has 1 fully saturated rings. The van der Waals surface area contributed by atoms with Gasteiger partial charge in [-0.05, 0) is 32.0 Å². The van der Waals surface area contributed by atoms with E-state index in [1.807, 2.05) is 14.0 Å². The molecule has 0 saturated carbocycles. The smallest absolute Gasteiger partial charge is 0.252 e. The number of hydrogen-bond acceptors (Lipinski definition) is 5. The highest BCUT2D eigenvalue weighted by atomic mass is 32.2. The lowest BCUT2D eigenvalue weighted by atomic mass is 10.3. The van der Waals surface area contributed by atoms with Gasteiger partial charge >= 0.3 is 0 Å². The second-order valence-corrected chi connectivity index (χ2v) is 8.01. The molecule has 1 aliphatic heterocycles. The number of aryl methyl sites for hydroxylation is 1. The summed E-state index contributed by atoms with van der Waals surface area (Å²) in [4.78, 5) is 1.07. The first-order chi connectivity index (χ1) is 8.98. The quantitative estimate of drug-likeness (QED) is 0.887. The SMILES string of the molecule is CNCc1sc(S(=O)(=O)N2CCC(OC)C2)cc1C. The number of hydrogen-bond donors (Lipinski definition) is 1. The van der Waals surface area contributed by atoms with Gasteiger partial charge in [0.15, 0.2) is 0 Å². The standard InChI is InChI=1S/C12H20N2O3S2/c1-9-6-12(18-11(9)7-13-2)19(15,16)14-5-4-10(8-14)17-3/h6,10,13H,4-5,7-8H2,1-3H3. The maximum absolute atomic E-state index is 12.5. The Morgan fingerprint density at radius 1 is 1.58 bits per heavy atom. The lowest BCUT2D eigenvalue weighted by Gasteiger charge is -2.14. The number of rotatable bonds is 5. The maximum atomic E-state index is 12.5. The topological polar surface area (TPSA) is 58.6 Å². The van der Waals surface area contributed by atoms with Crippen molar-refractivity contribution < 1.29 is 13.2 Å². The van der Waals surface area contributed by atoms with E-state index in [4.69, 9.17) is 4.74 Å². The molecule has 1 aromatic rings. The molecule has 1 aliphatic rings. The van der Waals surface area contributed by atoms with Gasteiger partial charge in [-0.25, -0.2) is 8.42 Å². The number of thiophene rings is 1. The van der Waals surface area contributed by atoms with Crippen LogP contribution in [0, 0.1) is 6.92 Å². The van der Waals surface area contributed by atoms with E-state index < -0.39 is 10.0 Å². The van der Waals surface area contributed by atoms with E-state index in [1.165, 1.54) is 15.6 Å². The van der Waals surface area contributed by atoms with Crippen molar-refractivity contribution in [2.45, 2.75) is 30.2 Å². The van der Waals surface area contributed by atoms with Gasteiger partial charge in [0.2, 0.25) is 0 Å². The zero-order chi connectivity index (χ0) is 14.0. The maximum Gasteiger partial charge on any atom is 0.252 e. The van der Waals surface area contributed by atoms with Crippen LogP contribution in [0.25, 0.3) is 0 Å². The Hall–Kier alpha value is -0.470. The van der Waals surface area contributed by atoms with Crippen molar-refractivity contribution in [3.05, 3.63) is 16.5 Å². The molecule has 0 spiro atoms. The molecule has 0 amide bonds. The van der Waals surface area contributed by atoms with Crippen molar-refractivity contribution in [1.82, 2.24) is 9.62 Å². The Morgan fingerprint density at radius 2 is 2.32 bits per heavy atom. The zero-order valence-corrected chi connectivity index (χ0v) is 13.1. The fraction of sp³-hybridized carbons (Fsp3) is 0.667. The molecular weight excluding hydrogens is 284 g/mol. The molecule has 0 aromatic carbocycles. The van der Waals surface area contributed by atoms with Crippen LogP contribution >= 0.6 is 11.3 Å². The van der Waals surface area contributed by atoms with E-state index in [2.05, 4.69) is 5.32 Å². The van der Waals surface area contributed by atoms with E-state index in [0.29, 0.717) is 23.8 Å². The number of nitrogens with zero attached hydrogens (tertiary/aromatic N) is 1. The largest absolute Gasteiger partial charge is 0.380 e. The van der Waals surface area contributed by atoms with E-state index in [9.17, 15) is 8.42 Å². The van der Waals surface area contributed by atoms with Gasteiger partial charge in [-0.1, -0.05) is 0 Å². The van der Waals surface area contributed by atoms with Gasteiger partial charge in [-0.15, -0.1) is 11.3 Å². The molecule has 0 bridgehead atoms. The molecule has 1 saturated heterocycles. The third-order valence-corrected chi connectivity index (χ3v) is 6.92. The van der Waals surface area contributed by atoms with Gasteiger partial charge in [0, 0.05) is 31.6 Å². The van der Waals surface area contributed by atoms with Gasteiger partial charge in [-0.3, -0.25) is 0 Å². The van der Waals surface area contributed by atoms with Crippen molar-refractivity contribution in [1.29, 1.82) is 0 Å². The summed E-state index contributed by atoms with van der Waals surface area (Å²) in [6.07, 6.45) is 0.788. The number of sulfonamides is 1. The molecule has 19 heavy (non-hydrogen) atoms. The van der Waals surface area contributed by atoms with Crippen LogP contribution in [-0.2, 0) is 21.3 Å². The van der Waals surface area contributed by atoms with E-state index in [-0.39, 0.29) is 6.10 Å². The molecule has 0 aliphatic carbocycles. The fourth-order valence-corrected chi connectivity index (χ4v) is 5.43. The molecular formula is C12H20N2O3S2. The molecule has 1 aromatic heterocycles. The van der Waals surface area contributed by atoms with Crippen molar-refractivity contribution >= 4 is 21.4 Å². The molecule has 0 radical (unpaired) electrons. The first-order valence-electron chi connectivity index (χ1n) is 6.26. The van der Waals surface area contributed by atoms with Crippen LogP contribution in [0.4, 0.5) is 0 Å². The summed E-state index contributed by atoms with van der Waals surface area (Å²) < 4.78 is 32.2. The lowest BCUT2D eigenvalue weighted by molar-refractivity contribution is 0.115. The summed E-state index contributed by atoms with van der Waals surface area (Å²) in [6, 6.07) is 1.77. The summed E-state index contributed by atoms with van der Waals surface area (Å²) in [6.45, 7) is 3.65. The normalized spacial score (nSPS) is 21.1. The Bertz CT molecular complexity index is 539. The summed E-state index contributed by atoms with van der Waals surface area (Å²) >= 11 is 1.35. The van der Waals surface area contributed by atoms with Crippen molar-refractivity contribution in [2.75, 3.05) is 27.2 Å². The van der Waals surface area contributed by atoms with Crippen molar-refractivity contribution in [2.24, 2.45) is 0 Å². The summed E-state index contributed by atoms with van der Waals surface area (Å²) in [5.74, 6) is 0. The van der Waals surface area contributed by atoms with Crippen LogP contribution < -0.4 is 5.32 Å². The van der Waals surface area contributed by atoms with Crippen LogP contribution in [-0.4, -0.2) is 46.1 Å². The van der Waals surface area contributed by atoms with E-state index in [1.54, 1.807) is 13.2 Å². The first kappa shape index (κ1) is 14.9. The third kappa shape index (κ3) is 3.00. The van der Waals surface area contributed by atoms with Gasteiger partial charge in [0.1, 0.15) is 4.21 Å². The lowest BCUT2D eigenvalue weighted by Crippen LogP contribution is -2.29. The Balaban J connectivity index is 2.22. The van der Waals surface area contributed by atoms with Gasteiger partial charge in [0.05, 0.1) is 6.10 Å². The van der Waals surface area contributed by atoms with Crippen molar-refractivity contribution in [3.63, 3.8) is 0 Å². The second kappa shape index (κ2) is 5.88. The second-order valence-electron chi connectivity index (χ2n) is 4.71. The van der Waals surface area contributed by atoms with Gasteiger partial charge in [-0.2, -0.15) is 4.31 Å². The Labute approximate surface area is 118 Å². The zero-order valence-electron chi connectivity index (χ0n) is 11.5. The Morgan fingerprint density at radius 3 is 2.89 bits per heavy atom. The fourth-order valence-electron chi connectivity index (χ4n) is 2.19. The number of methoxy groups -OCH3 is 1. The summed E-state index contributed by atoms with van der Waals surface area (Å²) in [5, 5.41) is 3.06. The molecule has 7 heteroatoms. The minimum absolute atomic E-state index is 0.0209. The molecule has 1 N–H and O–H groups in total. The van der Waals surface area contributed by atoms with Crippen molar-refractivity contribution in [3.8, 4) is 0 Å². The summed E-state index contributed by atoms with van der Waals surface area (Å²) in [7, 11) is 0.127. The highest BCUT2D eigenvalue weighted by Crippen LogP contribution is 2.30. The van der Waals surface area contributed by atoms with E-state index >= 15 is 0 Å². The predicted molar refractivity (Wildman–Crippen MR) is 76.0 cm³/mol. The third-order valence-electron chi connectivity index (χ3n) is 3.37. The highest BCUT2D eigenvalue weighted by Gasteiger charge is 2.33. The van der Waals surface area contributed by atoms with Crippen LogP contribution in [0.1, 0.15) is 16.9 Å². The van der Waals surface area contributed by atoms with Crippen LogP contribution in [0.5, 0.6) is 0 Å². The minimum atomic E-state index is -3.36. The van der Waals surface area contributed by atoms with Crippen LogP contribution in [0.2, 0.25) is 0 Å². The van der Waals surface area contributed by atoms with Crippen LogP contribution in [0.15, 0.2) is 10.3 Å². The van der Waals surface area contributed by atoms with Crippen LogP contribution in [0.3, 0.4) is 0 Å². The van der Waals surface area contributed by atoms with Gasteiger partial charge in [0.25, 0.3) is 10.0 Å². The summed E-state index contributed by atoms with van der Waals surface area (Å²) in [5.41, 5.74) is 1.03. The average molecular weight is 304 g/mol. The molecule has 5 nitrogen and oxygen atoms in total. The number of ether oxygens (including phenoxy) is 1. The average Bonchev–Trinajstić information content (AvgIpc) is 2.98. The molecule has 1 unspecified atom stereocenters. The highest BCUT2D eigenvalue weighted by molar-refractivity contribution is 7.91.